The highest BCUT2D eigenvalue weighted by Crippen LogP contribution is 2.35. The summed E-state index contributed by atoms with van der Waals surface area (Å²) in [7, 11) is 0. The highest BCUT2D eigenvalue weighted by atomic mass is 35.5. The van der Waals surface area contributed by atoms with Gasteiger partial charge in [0.15, 0.2) is 0 Å². The molecule has 2 heterocycles. The van der Waals surface area contributed by atoms with Gasteiger partial charge in [-0.05, 0) is 5.57 Å². The summed E-state index contributed by atoms with van der Waals surface area (Å²) in [4.78, 5) is 12.9. The van der Waals surface area contributed by atoms with Gasteiger partial charge < -0.3 is 4.90 Å². The smallest absolute Gasteiger partial charge is 0.230 e. The van der Waals surface area contributed by atoms with Crippen LogP contribution >= 0.6 is 23.4 Å². The number of allylic oxidation sites excluding steroid dienone is 2. The van der Waals surface area contributed by atoms with E-state index in [1.54, 1.807) is 0 Å². The third kappa shape index (κ3) is 1.76. The van der Waals surface area contributed by atoms with E-state index >= 15 is 0 Å². The maximum atomic E-state index is 11.1. The predicted molar refractivity (Wildman–Crippen MR) is 55.7 cm³/mol. The number of β-lactam (4-membered cyclic amide) rings is 1. The van der Waals surface area contributed by atoms with Gasteiger partial charge in [-0.15, -0.1) is 23.4 Å². The molecule has 2 aliphatic heterocycles. The van der Waals surface area contributed by atoms with Crippen molar-refractivity contribution in [2.75, 3.05) is 11.6 Å². The molecular formula is C9H10ClNOS. The van der Waals surface area contributed by atoms with Crippen molar-refractivity contribution >= 4 is 29.3 Å². The first-order chi connectivity index (χ1) is 6.31. The summed E-state index contributed by atoms with van der Waals surface area (Å²) >= 11 is 7.34. The van der Waals surface area contributed by atoms with Crippen LogP contribution in [0.1, 0.15) is 6.42 Å². The first kappa shape index (κ1) is 9.16. The molecule has 0 radical (unpaired) electrons. The zero-order valence-electron chi connectivity index (χ0n) is 7.07. The number of carbonyl (C=O) groups is 1. The second kappa shape index (κ2) is 3.76. The van der Waals surface area contributed by atoms with E-state index in [9.17, 15) is 4.79 Å². The Hall–Kier alpha value is -0.410. The molecule has 0 spiro atoms. The number of thioether (sulfide) groups is 1. The van der Waals surface area contributed by atoms with E-state index in [-0.39, 0.29) is 5.91 Å². The maximum Gasteiger partial charge on any atom is 0.230 e. The van der Waals surface area contributed by atoms with Crippen LogP contribution in [0.4, 0.5) is 0 Å². The van der Waals surface area contributed by atoms with Gasteiger partial charge in [-0.1, -0.05) is 12.2 Å². The molecule has 0 saturated carbocycles. The molecule has 2 nitrogen and oxygen atoms in total. The second-order valence-corrected chi connectivity index (χ2v) is 4.51. The summed E-state index contributed by atoms with van der Waals surface area (Å²) < 4.78 is 0. The molecule has 4 heteroatoms. The minimum Gasteiger partial charge on any atom is -0.306 e. The van der Waals surface area contributed by atoms with Crippen LogP contribution < -0.4 is 0 Å². The van der Waals surface area contributed by atoms with Gasteiger partial charge in [-0.3, -0.25) is 4.79 Å². The summed E-state index contributed by atoms with van der Waals surface area (Å²) in [6.07, 6.45) is 6.53. The molecule has 1 atom stereocenters. The van der Waals surface area contributed by atoms with Crippen molar-refractivity contribution in [2.24, 2.45) is 0 Å². The summed E-state index contributed by atoms with van der Waals surface area (Å²) in [5.74, 6) is 1.75. The molecule has 70 valence electrons. The maximum absolute atomic E-state index is 11.1. The van der Waals surface area contributed by atoms with E-state index in [4.69, 9.17) is 11.6 Å². The molecule has 0 bridgehead atoms. The van der Waals surface area contributed by atoms with Crippen LogP contribution in [-0.4, -0.2) is 27.8 Å². The van der Waals surface area contributed by atoms with Crippen molar-refractivity contribution in [1.29, 1.82) is 0 Å². The Labute approximate surface area is 86.6 Å². The van der Waals surface area contributed by atoms with Crippen LogP contribution in [0.2, 0.25) is 0 Å². The molecule has 0 N–H and O–H groups in total. The zero-order chi connectivity index (χ0) is 9.26. The fraction of sp³-hybridized carbons (Fsp3) is 0.444. The lowest BCUT2D eigenvalue weighted by Gasteiger charge is -2.40. The number of rotatable bonds is 2. The normalized spacial score (nSPS) is 27.2. The van der Waals surface area contributed by atoms with Crippen molar-refractivity contribution in [3.63, 3.8) is 0 Å². The SMILES string of the molecule is O=C1C[C@H]2SCC(/C=C/CCl)=CN12. The Bertz CT molecular complexity index is 287. The van der Waals surface area contributed by atoms with Crippen molar-refractivity contribution in [3.05, 3.63) is 23.9 Å². The highest BCUT2D eigenvalue weighted by Gasteiger charge is 2.37. The number of nitrogens with zero attached hydrogens (tertiary/aromatic N) is 1. The van der Waals surface area contributed by atoms with E-state index in [0.29, 0.717) is 17.7 Å². The Kier molecular flexibility index (Phi) is 2.65. The lowest BCUT2D eigenvalue weighted by molar-refractivity contribution is -0.137. The molecule has 2 aliphatic rings. The molecule has 13 heavy (non-hydrogen) atoms. The largest absolute Gasteiger partial charge is 0.306 e. The fourth-order valence-corrected chi connectivity index (χ4v) is 2.64. The molecular weight excluding hydrogens is 206 g/mol. The lowest BCUT2D eigenvalue weighted by Crippen LogP contribution is -2.48. The second-order valence-electron chi connectivity index (χ2n) is 3.03. The van der Waals surface area contributed by atoms with Crippen LogP contribution in [0, 0.1) is 0 Å². The fourth-order valence-electron chi connectivity index (χ4n) is 1.39. The number of halogens is 1. The van der Waals surface area contributed by atoms with Crippen molar-refractivity contribution in [1.82, 2.24) is 4.90 Å². The molecule has 0 aromatic carbocycles. The predicted octanol–water partition coefficient (Wildman–Crippen LogP) is 1.97. The van der Waals surface area contributed by atoms with Crippen LogP contribution in [0.15, 0.2) is 23.9 Å². The number of fused-ring (bicyclic) bond motifs is 1. The molecule has 0 aliphatic carbocycles. The van der Waals surface area contributed by atoms with Gasteiger partial charge in [-0.2, -0.15) is 0 Å². The number of hydrogen-bond donors (Lipinski definition) is 0. The van der Waals surface area contributed by atoms with E-state index in [0.717, 1.165) is 5.75 Å². The number of alkyl halides is 1. The molecule has 0 unspecified atom stereocenters. The first-order valence-corrected chi connectivity index (χ1v) is 5.75. The number of carbonyl (C=O) groups excluding carboxylic acids is 1. The molecule has 1 amide bonds. The van der Waals surface area contributed by atoms with Crippen molar-refractivity contribution in [3.8, 4) is 0 Å². The standard InChI is InChI=1S/C9H10ClNOS/c10-3-1-2-7-5-11-8(12)4-9(11)13-6-7/h1-2,5,9H,3-4,6H2/b2-1+/t9-/m1/s1. The van der Waals surface area contributed by atoms with E-state index in [1.165, 1.54) is 5.57 Å². The Morgan fingerprint density at radius 2 is 2.62 bits per heavy atom. The molecule has 2 rings (SSSR count). The van der Waals surface area contributed by atoms with Gasteiger partial charge in [-0.25, -0.2) is 0 Å². The van der Waals surface area contributed by atoms with Crippen LogP contribution in [0.25, 0.3) is 0 Å². The third-order valence-corrected chi connectivity index (χ3v) is 3.57. The van der Waals surface area contributed by atoms with Gasteiger partial charge in [0.2, 0.25) is 5.91 Å². The molecule has 1 saturated heterocycles. The number of hydrogen-bond acceptors (Lipinski definition) is 2. The Morgan fingerprint density at radius 3 is 3.31 bits per heavy atom. The topological polar surface area (TPSA) is 20.3 Å². The molecule has 0 aromatic rings. The first-order valence-electron chi connectivity index (χ1n) is 4.17. The van der Waals surface area contributed by atoms with E-state index < -0.39 is 0 Å². The third-order valence-electron chi connectivity index (χ3n) is 2.12. The zero-order valence-corrected chi connectivity index (χ0v) is 8.64. The van der Waals surface area contributed by atoms with Gasteiger partial charge in [0.1, 0.15) is 0 Å². The van der Waals surface area contributed by atoms with Gasteiger partial charge in [0.25, 0.3) is 0 Å². The lowest BCUT2D eigenvalue weighted by atomic mass is 10.2. The quantitative estimate of drug-likeness (QED) is 0.519. The highest BCUT2D eigenvalue weighted by molar-refractivity contribution is 8.00. The van der Waals surface area contributed by atoms with Gasteiger partial charge >= 0.3 is 0 Å². The number of amides is 1. The van der Waals surface area contributed by atoms with Gasteiger partial charge in [0, 0.05) is 17.8 Å². The monoisotopic (exact) mass is 215 g/mol. The molecule has 0 aromatic heterocycles. The summed E-state index contributed by atoms with van der Waals surface area (Å²) in [5.41, 5.74) is 1.18. The van der Waals surface area contributed by atoms with E-state index in [2.05, 4.69) is 0 Å². The average Bonchev–Trinajstić information content (AvgIpc) is 2.14. The van der Waals surface area contributed by atoms with E-state index in [1.807, 2.05) is 35.0 Å². The summed E-state index contributed by atoms with van der Waals surface area (Å²) in [6.45, 7) is 0. The van der Waals surface area contributed by atoms with Crippen molar-refractivity contribution < 1.29 is 4.79 Å². The van der Waals surface area contributed by atoms with Crippen molar-refractivity contribution in [2.45, 2.75) is 11.8 Å². The summed E-state index contributed by atoms with van der Waals surface area (Å²) in [6, 6.07) is 0. The Balaban J connectivity index is 2.05. The minimum atomic E-state index is 0.231. The summed E-state index contributed by atoms with van der Waals surface area (Å²) in [5, 5.41) is 0.403. The minimum absolute atomic E-state index is 0.231. The van der Waals surface area contributed by atoms with Crippen LogP contribution in [-0.2, 0) is 4.79 Å². The van der Waals surface area contributed by atoms with Crippen LogP contribution in [0.5, 0.6) is 0 Å². The van der Waals surface area contributed by atoms with Crippen LogP contribution in [0.3, 0.4) is 0 Å². The van der Waals surface area contributed by atoms with Gasteiger partial charge in [0.05, 0.1) is 11.8 Å². The average molecular weight is 216 g/mol. The molecule has 1 fully saturated rings. The Morgan fingerprint density at radius 1 is 1.77 bits per heavy atom.